The Morgan fingerprint density at radius 2 is 1.86 bits per heavy atom. The predicted octanol–water partition coefficient (Wildman–Crippen LogP) is 2.63. The van der Waals surface area contributed by atoms with E-state index >= 15 is 0 Å². The molecule has 0 spiro atoms. The van der Waals surface area contributed by atoms with Crippen LogP contribution in [-0.4, -0.2) is 29.1 Å². The topological polar surface area (TPSA) is 51.3 Å². The molecule has 0 unspecified atom stereocenters. The molecule has 0 bridgehead atoms. The number of rotatable bonds is 3. The van der Waals surface area contributed by atoms with Crippen LogP contribution in [0, 0.1) is 6.92 Å². The fraction of sp³-hybridized carbons (Fsp3) is 0.533. The van der Waals surface area contributed by atoms with Gasteiger partial charge in [-0.15, -0.1) is 0 Å². The van der Waals surface area contributed by atoms with E-state index in [0.717, 1.165) is 16.7 Å². The second kappa shape index (κ2) is 5.67. The molecule has 2 heterocycles. The molecule has 21 heavy (non-hydrogen) atoms. The lowest BCUT2D eigenvalue weighted by molar-refractivity contribution is 0.00578. The summed E-state index contributed by atoms with van der Waals surface area (Å²) < 4.78 is 12.1. The van der Waals surface area contributed by atoms with Crippen molar-refractivity contribution in [3.8, 4) is 0 Å². The van der Waals surface area contributed by atoms with Gasteiger partial charge in [0.25, 0.3) is 0 Å². The summed E-state index contributed by atoms with van der Waals surface area (Å²) in [7, 11) is -0.418. The van der Waals surface area contributed by atoms with Crippen LogP contribution in [0.25, 0.3) is 6.08 Å². The SMILES string of the molecule is Cc1[nH]c(=O)ccc1C=C(CS)B1OC(C)(C)C(C)(C)O1. The molecule has 1 fully saturated rings. The van der Waals surface area contributed by atoms with Gasteiger partial charge in [-0.1, -0.05) is 6.08 Å². The van der Waals surface area contributed by atoms with Crippen LogP contribution in [0.4, 0.5) is 0 Å². The van der Waals surface area contributed by atoms with E-state index < -0.39 is 7.12 Å². The smallest absolute Gasteiger partial charge is 0.400 e. The number of hydrogen-bond acceptors (Lipinski definition) is 4. The zero-order chi connectivity index (χ0) is 15.8. The zero-order valence-electron chi connectivity index (χ0n) is 13.2. The first-order valence-electron chi connectivity index (χ1n) is 7.03. The second-order valence-corrected chi connectivity index (χ2v) is 6.68. The van der Waals surface area contributed by atoms with Crippen molar-refractivity contribution in [3.05, 3.63) is 39.2 Å². The van der Waals surface area contributed by atoms with Crippen LogP contribution in [-0.2, 0) is 9.31 Å². The first kappa shape index (κ1) is 16.4. The minimum absolute atomic E-state index is 0.104. The van der Waals surface area contributed by atoms with Crippen LogP contribution in [0.15, 0.2) is 22.4 Å². The van der Waals surface area contributed by atoms with Gasteiger partial charge in [-0.25, -0.2) is 0 Å². The van der Waals surface area contributed by atoms with Crippen LogP contribution in [0.2, 0.25) is 0 Å². The maximum Gasteiger partial charge on any atom is 0.491 e. The van der Waals surface area contributed by atoms with Crippen LogP contribution < -0.4 is 5.56 Å². The summed E-state index contributed by atoms with van der Waals surface area (Å²) in [6, 6.07) is 3.31. The highest BCUT2D eigenvalue weighted by Gasteiger charge is 2.52. The third-order valence-corrected chi connectivity index (χ3v) is 4.60. The van der Waals surface area contributed by atoms with E-state index in [4.69, 9.17) is 9.31 Å². The van der Waals surface area contributed by atoms with Crippen molar-refractivity contribution in [3.63, 3.8) is 0 Å². The van der Waals surface area contributed by atoms with Crippen molar-refractivity contribution in [2.45, 2.75) is 45.8 Å². The van der Waals surface area contributed by atoms with Gasteiger partial charge < -0.3 is 14.3 Å². The molecule has 0 amide bonds. The maximum atomic E-state index is 11.3. The second-order valence-electron chi connectivity index (χ2n) is 6.37. The summed E-state index contributed by atoms with van der Waals surface area (Å²) in [5.41, 5.74) is 1.84. The monoisotopic (exact) mass is 307 g/mol. The number of aromatic amines is 1. The third-order valence-electron chi connectivity index (χ3n) is 4.24. The lowest BCUT2D eigenvalue weighted by Crippen LogP contribution is -2.41. The number of pyridine rings is 1. The van der Waals surface area contributed by atoms with Gasteiger partial charge in [-0.3, -0.25) is 4.79 Å². The largest absolute Gasteiger partial charge is 0.491 e. The average molecular weight is 307 g/mol. The Kier molecular flexibility index (Phi) is 4.43. The van der Waals surface area contributed by atoms with Crippen LogP contribution >= 0.6 is 12.6 Å². The highest BCUT2D eigenvalue weighted by Crippen LogP contribution is 2.39. The number of H-pyrrole nitrogens is 1. The Morgan fingerprint density at radius 3 is 2.33 bits per heavy atom. The summed E-state index contributed by atoms with van der Waals surface area (Å²) in [6.45, 7) is 9.96. The molecule has 6 heteroatoms. The van der Waals surface area contributed by atoms with E-state index in [-0.39, 0.29) is 16.8 Å². The summed E-state index contributed by atoms with van der Waals surface area (Å²) in [4.78, 5) is 14.1. The number of aromatic nitrogens is 1. The molecule has 1 aliphatic rings. The van der Waals surface area contributed by atoms with Crippen molar-refractivity contribution in [2.24, 2.45) is 0 Å². The van der Waals surface area contributed by atoms with Gasteiger partial charge in [0.05, 0.1) is 11.2 Å². The van der Waals surface area contributed by atoms with Gasteiger partial charge in [-0.05, 0) is 51.7 Å². The third kappa shape index (κ3) is 3.28. The van der Waals surface area contributed by atoms with Crippen LogP contribution in [0.5, 0.6) is 0 Å². The van der Waals surface area contributed by atoms with Gasteiger partial charge in [0.15, 0.2) is 0 Å². The molecular formula is C15H22BNO3S. The molecule has 2 rings (SSSR count). The molecular weight excluding hydrogens is 285 g/mol. The number of thiol groups is 1. The molecule has 1 aromatic rings. The minimum atomic E-state index is -0.418. The van der Waals surface area contributed by atoms with E-state index in [1.165, 1.54) is 6.07 Å². The summed E-state index contributed by atoms with van der Waals surface area (Å²) in [5, 5.41) is 0. The van der Waals surface area contributed by atoms with E-state index in [0.29, 0.717) is 5.75 Å². The Balaban J connectivity index is 2.33. The number of hydrogen-bond donors (Lipinski definition) is 2. The Bertz CT molecular complexity index is 606. The molecule has 114 valence electrons. The van der Waals surface area contributed by atoms with Crippen LogP contribution in [0.3, 0.4) is 0 Å². The zero-order valence-corrected chi connectivity index (χ0v) is 14.1. The van der Waals surface area contributed by atoms with Crippen LogP contribution in [0.1, 0.15) is 39.0 Å². The van der Waals surface area contributed by atoms with E-state index in [1.54, 1.807) is 6.07 Å². The van der Waals surface area contributed by atoms with E-state index in [2.05, 4.69) is 17.6 Å². The highest BCUT2D eigenvalue weighted by atomic mass is 32.1. The molecule has 4 nitrogen and oxygen atoms in total. The first-order chi connectivity index (χ1) is 9.66. The van der Waals surface area contributed by atoms with Crippen molar-refractivity contribution in [1.82, 2.24) is 4.98 Å². The van der Waals surface area contributed by atoms with Gasteiger partial charge >= 0.3 is 7.12 Å². The lowest BCUT2D eigenvalue weighted by atomic mass is 9.78. The molecule has 0 radical (unpaired) electrons. The normalized spacial score (nSPS) is 20.9. The molecule has 0 aliphatic carbocycles. The average Bonchev–Trinajstić information content (AvgIpc) is 2.57. The Hall–Kier alpha value is -0.975. The molecule has 1 aromatic heterocycles. The van der Waals surface area contributed by atoms with Gasteiger partial charge in [0, 0.05) is 17.5 Å². The molecule has 0 aromatic carbocycles. The van der Waals surface area contributed by atoms with E-state index in [1.807, 2.05) is 40.7 Å². The predicted molar refractivity (Wildman–Crippen MR) is 89.7 cm³/mol. The maximum absolute atomic E-state index is 11.3. The lowest BCUT2D eigenvalue weighted by Gasteiger charge is -2.32. The summed E-state index contributed by atoms with van der Waals surface area (Å²) in [6.07, 6.45) is 1.97. The first-order valence-corrected chi connectivity index (χ1v) is 7.66. The molecule has 0 atom stereocenters. The molecule has 1 saturated heterocycles. The van der Waals surface area contributed by atoms with Crippen molar-refractivity contribution >= 4 is 25.8 Å². The van der Waals surface area contributed by atoms with Gasteiger partial charge in [-0.2, -0.15) is 12.6 Å². The van der Waals surface area contributed by atoms with Gasteiger partial charge in [0.2, 0.25) is 5.56 Å². The van der Waals surface area contributed by atoms with Crippen molar-refractivity contribution < 1.29 is 9.31 Å². The number of nitrogens with one attached hydrogen (secondary N) is 1. The van der Waals surface area contributed by atoms with Crippen molar-refractivity contribution in [1.29, 1.82) is 0 Å². The molecule has 1 N–H and O–H groups in total. The number of aryl methyl sites for hydroxylation is 1. The van der Waals surface area contributed by atoms with Gasteiger partial charge in [0.1, 0.15) is 0 Å². The Morgan fingerprint density at radius 1 is 1.29 bits per heavy atom. The van der Waals surface area contributed by atoms with Crippen molar-refractivity contribution in [2.75, 3.05) is 5.75 Å². The molecule has 0 saturated carbocycles. The summed E-state index contributed by atoms with van der Waals surface area (Å²) in [5.74, 6) is 0.523. The molecule has 1 aliphatic heterocycles. The minimum Gasteiger partial charge on any atom is -0.400 e. The standard InChI is InChI=1S/C15H22BNO3S/c1-10-11(6-7-13(18)17-10)8-12(9-21)16-19-14(2,3)15(4,5)20-16/h6-8,21H,9H2,1-5H3,(H,17,18). The summed E-state index contributed by atoms with van der Waals surface area (Å²) >= 11 is 4.39. The fourth-order valence-electron chi connectivity index (χ4n) is 2.13. The fourth-order valence-corrected chi connectivity index (χ4v) is 2.37. The van der Waals surface area contributed by atoms with E-state index in [9.17, 15) is 4.79 Å². The Labute approximate surface area is 131 Å². The highest BCUT2D eigenvalue weighted by molar-refractivity contribution is 7.80. The quantitative estimate of drug-likeness (QED) is 0.667.